The molecule has 1 amide bonds. The number of benzene rings is 1. The first-order valence-electron chi connectivity index (χ1n) is 8.59. The molecule has 0 saturated carbocycles. The molecule has 1 saturated heterocycles. The SMILES string of the molecule is COCc1c(C(=O)OCC(=O)N2C[C@@H](C)O[C@H](C)C2)oc2ccccc12. The van der Waals surface area contributed by atoms with Crippen molar-refractivity contribution in [3.05, 3.63) is 35.6 Å². The number of amides is 1. The summed E-state index contributed by atoms with van der Waals surface area (Å²) in [5.41, 5.74) is 1.20. The molecule has 26 heavy (non-hydrogen) atoms. The van der Waals surface area contributed by atoms with Gasteiger partial charge in [0.25, 0.3) is 5.91 Å². The van der Waals surface area contributed by atoms with Crippen LogP contribution in [0.1, 0.15) is 30.0 Å². The van der Waals surface area contributed by atoms with Crippen molar-refractivity contribution in [2.45, 2.75) is 32.7 Å². The molecule has 7 nitrogen and oxygen atoms in total. The molecule has 7 heteroatoms. The average molecular weight is 361 g/mol. The van der Waals surface area contributed by atoms with Crippen molar-refractivity contribution < 1.29 is 28.2 Å². The van der Waals surface area contributed by atoms with Crippen LogP contribution in [0.5, 0.6) is 0 Å². The van der Waals surface area contributed by atoms with Crippen molar-refractivity contribution >= 4 is 22.8 Å². The average Bonchev–Trinajstić information content (AvgIpc) is 2.98. The third-order valence-electron chi connectivity index (χ3n) is 4.27. The third kappa shape index (κ3) is 3.89. The second kappa shape index (κ2) is 7.88. The number of morpholine rings is 1. The molecular formula is C19H23NO6. The van der Waals surface area contributed by atoms with E-state index < -0.39 is 5.97 Å². The molecule has 0 bridgehead atoms. The van der Waals surface area contributed by atoms with Gasteiger partial charge in [0, 0.05) is 31.1 Å². The lowest BCUT2D eigenvalue weighted by atomic mass is 10.1. The van der Waals surface area contributed by atoms with Crippen molar-refractivity contribution in [3.63, 3.8) is 0 Å². The molecule has 0 unspecified atom stereocenters. The highest BCUT2D eigenvalue weighted by Crippen LogP contribution is 2.27. The highest BCUT2D eigenvalue weighted by atomic mass is 16.5. The number of hydrogen-bond acceptors (Lipinski definition) is 6. The van der Waals surface area contributed by atoms with E-state index in [-0.39, 0.29) is 37.1 Å². The maximum absolute atomic E-state index is 12.5. The molecule has 3 rings (SSSR count). The van der Waals surface area contributed by atoms with E-state index in [0.29, 0.717) is 24.2 Å². The van der Waals surface area contributed by atoms with Gasteiger partial charge in [0.15, 0.2) is 6.61 Å². The van der Waals surface area contributed by atoms with Crippen LogP contribution in [-0.2, 0) is 25.6 Å². The van der Waals surface area contributed by atoms with Crippen LogP contribution < -0.4 is 0 Å². The molecule has 0 radical (unpaired) electrons. The van der Waals surface area contributed by atoms with E-state index in [1.54, 1.807) is 18.1 Å². The van der Waals surface area contributed by atoms with Gasteiger partial charge < -0.3 is 23.5 Å². The van der Waals surface area contributed by atoms with Gasteiger partial charge in [-0.25, -0.2) is 4.79 Å². The Hall–Kier alpha value is -2.38. The van der Waals surface area contributed by atoms with E-state index in [4.69, 9.17) is 18.6 Å². The Morgan fingerprint density at radius 2 is 1.88 bits per heavy atom. The van der Waals surface area contributed by atoms with Gasteiger partial charge >= 0.3 is 5.97 Å². The van der Waals surface area contributed by atoms with E-state index in [0.717, 1.165) is 5.39 Å². The fourth-order valence-electron chi connectivity index (χ4n) is 3.22. The maximum atomic E-state index is 12.5. The summed E-state index contributed by atoms with van der Waals surface area (Å²) >= 11 is 0. The van der Waals surface area contributed by atoms with Gasteiger partial charge in [0.1, 0.15) is 5.58 Å². The Kier molecular flexibility index (Phi) is 5.58. The molecule has 0 spiro atoms. The normalized spacial score (nSPS) is 20.3. The predicted octanol–water partition coefficient (Wildman–Crippen LogP) is 2.37. The molecule has 1 fully saturated rings. The van der Waals surface area contributed by atoms with Gasteiger partial charge in [0.2, 0.25) is 5.76 Å². The Morgan fingerprint density at radius 3 is 2.58 bits per heavy atom. The predicted molar refractivity (Wildman–Crippen MR) is 93.8 cm³/mol. The molecule has 0 aliphatic carbocycles. The highest BCUT2D eigenvalue weighted by molar-refractivity contribution is 5.96. The van der Waals surface area contributed by atoms with Crippen LogP contribution in [0.15, 0.2) is 28.7 Å². The van der Waals surface area contributed by atoms with Gasteiger partial charge in [0.05, 0.1) is 18.8 Å². The lowest BCUT2D eigenvalue weighted by Crippen LogP contribution is -2.49. The van der Waals surface area contributed by atoms with Gasteiger partial charge in [-0.15, -0.1) is 0 Å². The zero-order valence-corrected chi connectivity index (χ0v) is 15.2. The van der Waals surface area contributed by atoms with Crippen LogP contribution in [0.4, 0.5) is 0 Å². The van der Waals surface area contributed by atoms with Gasteiger partial charge in [-0.1, -0.05) is 18.2 Å². The van der Waals surface area contributed by atoms with E-state index in [1.165, 1.54) is 0 Å². The Bertz CT molecular complexity index is 788. The molecule has 1 aromatic carbocycles. The van der Waals surface area contributed by atoms with E-state index in [2.05, 4.69) is 0 Å². The van der Waals surface area contributed by atoms with E-state index >= 15 is 0 Å². The zero-order valence-electron chi connectivity index (χ0n) is 15.2. The number of fused-ring (bicyclic) bond motifs is 1. The summed E-state index contributed by atoms with van der Waals surface area (Å²) in [5, 5.41) is 0.795. The first-order valence-corrected chi connectivity index (χ1v) is 8.59. The third-order valence-corrected chi connectivity index (χ3v) is 4.27. The summed E-state index contributed by atoms with van der Waals surface area (Å²) in [6.45, 7) is 4.68. The number of furan rings is 1. The minimum Gasteiger partial charge on any atom is -0.450 e. The first-order chi connectivity index (χ1) is 12.5. The molecule has 1 aliphatic rings. The Labute approximate surface area is 151 Å². The molecule has 2 aromatic rings. The number of esters is 1. The fourth-order valence-corrected chi connectivity index (χ4v) is 3.22. The van der Waals surface area contributed by atoms with E-state index in [9.17, 15) is 9.59 Å². The van der Waals surface area contributed by atoms with Crippen LogP contribution in [0.25, 0.3) is 11.0 Å². The highest BCUT2D eigenvalue weighted by Gasteiger charge is 2.28. The van der Waals surface area contributed by atoms with Crippen LogP contribution in [0.2, 0.25) is 0 Å². The zero-order chi connectivity index (χ0) is 18.7. The number of rotatable bonds is 5. The number of hydrogen-bond donors (Lipinski definition) is 0. The smallest absolute Gasteiger partial charge is 0.375 e. The molecule has 1 aliphatic heterocycles. The van der Waals surface area contributed by atoms with Crippen LogP contribution in [-0.4, -0.2) is 55.8 Å². The van der Waals surface area contributed by atoms with Gasteiger partial charge in [-0.3, -0.25) is 4.79 Å². The Morgan fingerprint density at radius 1 is 1.19 bits per heavy atom. The van der Waals surface area contributed by atoms with Crippen molar-refractivity contribution in [2.24, 2.45) is 0 Å². The first kappa shape index (κ1) is 18.4. The number of ether oxygens (including phenoxy) is 3. The summed E-state index contributed by atoms with van der Waals surface area (Å²) in [4.78, 5) is 26.5. The van der Waals surface area contributed by atoms with Crippen molar-refractivity contribution in [3.8, 4) is 0 Å². The largest absolute Gasteiger partial charge is 0.450 e. The maximum Gasteiger partial charge on any atom is 0.375 e. The topological polar surface area (TPSA) is 78.2 Å². The van der Waals surface area contributed by atoms with Gasteiger partial charge in [-0.2, -0.15) is 0 Å². The summed E-state index contributed by atoms with van der Waals surface area (Å²) in [6.07, 6.45) is -0.0795. The van der Waals surface area contributed by atoms with Crippen molar-refractivity contribution in [1.82, 2.24) is 4.90 Å². The number of carbonyl (C=O) groups is 2. The number of methoxy groups -OCH3 is 1. The fraction of sp³-hybridized carbons (Fsp3) is 0.474. The minimum atomic E-state index is -0.670. The second-order valence-corrected chi connectivity index (χ2v) is 6.47. The standard InChI is InChI=1S/C19H23NO6/c1-12-8-20(9-13(2)25-12)17(21)11-24-19(22)18-15(10-23-3)14-6-4-5-7-16(14)26-18/h4-7,12-13H,8-11H2,1-3H3/t12-,13-/m1/s1. The monoisotopic (exact) mass is 361 g/mol. The van der Waals surface area contributed by atoms with Gasteiger partial charge in [-0.05, 0) is 19.9 Å². The lowest BCUT2D eigenvalue weighted by molar-refractivity contribution is -0.146. The quantitative estimate of drug-likeness (QED) is 0.761. The van der Waals surface area contributed by atoms with Crippen molar-refractivity contribution in [2.75, 3.05) is 26.8 Å². The van der Waals surface area contributed by atoms with Crippen LogP contribution in [0, 0.1) is 0 Å². The van der Waals surface area contributed by atoms with Crippen LogP contribution in [0.3, 0.4) is 0 Å². The summed E-state index contributed by atoms with van der Waals surface area (Å²) in [7, 11) is 1.54. The molecule has 0 N–H and O–H groups in total. The van der Waals surface area contributed by atoms with Crippen LogP contribution >= 0.6 is 0 Å². The minimum absolute atomic E-state index is 0.0397. The summed E-state index contributed by atoms with van der Waals surface area (Å²) in [6, 6.07) is 7.30. The molecule has 2 atom stereocenters. The van der Waals surface area contributed by atoms with Crippen molar-refractivity contribution in [1.29, 1.82) is 0 Å². The number of carbonyl (C=O) groups excluding carboxylic acids is 2. The second-order valence-electron chi connectivity index (χ2n) is 6.47. The number of para-hydroxylation sites is 1. The lowest BCUT2D eigenvalue weighted by Gasteiger charge is -2.35. The molecular weight excluding hydrogens is 338 g/mol. The Balaban J connectivity index is 1.69. The molecule has 140 valence electrons. The summed E-state index contributed by atoms with van der Waals surface area (Å²) < 4.78 is 21.6. The molecule has 2 heterocycles. The number of nitrogens with zero attached hydrogens (tertiary/aromatic N) is 1. The summed E-state index contributed by atoms with van der Waals surface area (Å²) in [5.74, 6) is -0.842. The molecule has 1 aromatic heterocycles. The van der Waals surface area contributed by atoms with E-state index in [1.807, 2.05) is 32.0 Å².